The summed E-state index contributed by atoms with van der Waals surface area (Å²) in [5, 5.41) is 4.02. The summed E-state index contributed by atoms with van der Waals surface area (Å²) in [6, 6.07) is 1.01. The summed E-state index contributed by atoms with van der Waals surface area (Å²) >= 11 is 3.17. The van der Waals surface area contributed by atoms with E-state index in [-0.39, 0.29) is 16.6 Å². The van der Waals surface area contributed by atoms with Crippen LogP contribution in [0.4, 0.5) is 0 Å². The molecule has 1 aromatic heterocycles. The molecule has 0 spiro atoms. The zero-order chi connectivity index (χ0) is 20.0. The highest BCUT2D eigenvalue weighted by Gasteiger charge is 2.28. The van der Waals surface area contributed by atoms with Crippen molar-refractivity contribution < 1.29 is 13.2 Å². The SMILES string of the molecule is CCN(CC)CCN(C)S(=O)(=O)c1nc(Br)nn1COCC[Si](C)(C)C. The fourth-order valence-electron chi connectivity index (χ4n) is 2.19. The minimum absolute atomic E-state index is 0.0710. The lowest BCUT2D eigenvalue weighted by Crippen LogP contribution is -2.37. The first-order valence-electron chi connectivity index (χ1n) is 8.88. The zero-order valence-corrected chi connectivity index (χ0v) is 20.1. The summed E-state index contributed by atoms with van der Waals surface area (Å²) in [6.45, 7) is 14.4. The molecule has 0 aliphatic rings. The van der Waals surface area contributed by atoms with Crippen LogP contribution in [-0.4, -0.2) is 80.3 Å². The normalized spacial score (nSPS) is 13.1. The van der Waals surface area contributed by atoms with E-state index in [2.05, 4.69) is 64.4 Å². The number of nitrogens with zero attached hydrogens (tertiary/aromatic N) is 5. The van der Waals surface area contributed by atoms with Crippen molar-refractivity contribution in [1.29, 1.82) is 0 Å². The highest BCUT2D eigenvalue weighted by molar-refractivity contribution is 9.10. The Bertz CT molecular complexity index is 659. The van der Waals surface area contributed by atoms with Gasteiger partial charge >= 0.3 is 0 Å². The van der Waals surface area contributed by atoms with Crippen LogP contribution in [0.3, 0.4) is 0 Å². The van der Waals surface area contributed by atoms with Gasteiger partial charge in [0.15, 0.2) is 0 Å². The third-order valence-corrected chi connectivity index (χ3v) is 7.90. The maximum absolute atomic E-state index is 12.9. The third kappa shape index (κ3) is 7.35. The van der Waals surface area contributed by atoms with E-state index in [0.29, 0.717) is 19.7 Å². The molecule has 0 unspecified atom stereocenters. The van der Waals surface area contributed by atoms with Crippen LogP contribution in [-0.2, 0) is 21.5 Å². The van der Waals surface area contributed by atoms with Crippen molar-refractivity contribution in [2.45, 2.75) is 51.4 Å². The van der Waals surface area contributed by atoms with Gasteiger partial charge in [-0.05, 0) is 35.1 Å². The average Bonchev–Trinajstić information content (AvgIpc) is 2.93. The largest absolute Gasteiger partial charge is 0.359 e. The Labute approximate surface area is 167 Å². The van der Waals surface area contributed by atoms with E-state index in [4.69, 9.17) is 4.74 Å². The second-order valence-corrected chi connectivity index (χ2v) is 15.6. The highest BCUT2D eigenvalue weighted by Crippen LogP contribution is 2.16. The molecule has 0 aliphatic carbocycles. The Balaban J connectivity index is 2.79. The molecule has 0 saturated heterocycles. The van der Waals surface area contributed by atoms with Gasteiger partial charge in [0.1, 0.15) is 6.73 Å². The van der Waals surface area contributed by atoms with Crippen LogP contribution in [0.15, 0.2) is 9.89 Å². The van der Waals surface area contributed by atoms with E-state index in [1.165, 1.54) is 8.99 Å². The van der Waals surface area contributed by atoms with Gasteiger partial charge in [-0.25, -0.2) is 13.1 Å². The second kappa shape index (κ2) is 10.3. The van der Waals surface area contributed by atoms with E-state index < -0.39 is 18.1 Å². The maximum Gasteiger partial charge on any atom is 0.278 e. The fraction of sp³-hybridized carbons (Fsp3) is 0.867. The lowest BCUT2D eigenvalue weighted by atomic mass is 10.5. The van der Waals surface area contributed by atoms with Gasteiger partial charge in [-0.2, -0.15) is 9.29 Å². The number of aromatic nitrogens is 3. The van der Waals surface area contributed by atoms with E-state index in [1.807, 2.05) is 0 Å². The van der Waals surface area contributed by atoms with Gasteiger partial charge in [0.2, 0.25) is 4.73 Å². The zero-order valence-electron chi connectivity index (χ0n) is 16.7. The quantitative estimate of drug-likeness (QED) is 0.345. The third-order valence-electron chi connectivity index (χ3n) is 4.09. The molecule has 0 atom stereocenters. The van der Waals surface area contributed by atoms with E-state index in [0.717, 1.165) is 19.1 Å². The number of hydrogen-bond acceptors (Lipinski definition) is 6. The van der Waals surface area contributed by atoms with Gasteiger partial charge in [-0.1, -0.05) is 33.5 Å². The van der Waals surface area contributed by atoms with Crippen molar-refractivity contribution in [2.75, 3.05) is 39.8 Å². The molecule has 1 rings (SSSR count). The van der Waals surface area contributed by atoms with Crippen molar-refractivity contribution in [3.05, 3.63) is 4.73 Å². The number of rotatable bonds is 12. The van der Waals surface area contributed by atoms with Crippen LogP contribution in [0, 0.1) is 0 Å². The van der Waals surface area contributed by atoms with Gasteiger partial charge in [0.25, 0.3) is 15.2 Å². The van der Waals surface area contributed by atoms with E-state index >= 15 is 0 Å². The van der Waals surface area contributed by atoms with Crippen molar-refractivity contribution in [3.8, 4) is 0 Å². The van der Waals surface area contributed by atoms with Crippen LogP contribution in [0.5, 0.6) is 0 Å². The summed E-state index contributed by atoms with van der Waals surface area (Å²) in [5.41, 5.74) is 0. The molecular formula is C15H32BrN5O3SSi. The van der Waals surface area contributed by atoms with Gasteiger partial charge in [-0.15, -0.1) is 5.10 Å². The van der Waals surface area contributed by atoms with Gasteiger partial charge in [0, 0.05) is 34.8 Å². The number of halogens is 1. The molecule has 0 radical (unpaired) electrons. The van der Waals surface area contributed by atoms with Crippen molar-refractivity contribution in [1.82, 2.24) is 24.0 Å². The van der Waals surface area contributed by atoms with Crippen LogP contribution < -0.4 is 0 Å². The molecular weight excluding hydrogens is 438 g/mol. The summed E-state index contributed by atoms with van der Waals surface area (Å²) in [4.78, 5) is 6.23. The van der Waals surface area contributed by atoms with Crippen LogP contribution in [0.25, 0.3) is 0 Å². The molecule has 0 aliphatic heterocycles. The molecule has 1 heterocycles. The average molecular weight is 471 g/mol. The van der Waals surface area contributed by atoms with E-state index in [9.17, 15) is 8.42 Å². The van der Waals surface area contributed by atoms with Crippen molar-refractivity contribution in [2.24, 2.45) is 0 Å². The summed E-state index contributed by atoms with van der Waals surface area (Å²) in [7, 11) is -3.36. The van der Waals surface area contributed by atoms with Crippen LogP contribution >= 0.6 is 15.9 Å². The molecule has 1 aromatic rings. The fourth-order valence-corrected chi connectivity index (χ4v) is 4.58. The molecule has 11 heteroatoms. The van der Waals surface area contributed by atoms with Crippen LogP contribution in [0.1, 0.15) is 13.8 Å². The minimum Gasteiger partial charge on any atom is -0.359 e. The van der Waals surface area contributed by atoms with Crippen molar-refractivity contribution in [3.63, 3.8) is 0 Å². The topological polar surface area (TPSA) is 80.6 Å². The maximum atomic E-state index is 12.9. The standard InChI is InChI=1S/C15H32BrN5O3SSi/c1-7-20(8-2)10-9-19(3)25(22,23)15-17-14(16)18-21(15)13-24-11-12-26(4,5)6/h7-13H2,1-6H3. The molecule has 0 fully saturated rings. The van der Waals surface area contributed by atoms with Gasteiger partial charge in [-0.3, -0.25) is 0 Å². The molecule has 0 amide bonds. The molecule has 0 saturated carbocycles. The Morgan fingerprint density at radius 2 is 1.81 bits per heavy atom. The molecule has 0 bridgehead atoms. The predicted octanol–water partition coefficient (Wildman–Crippen LogP) is 2.32. The number of hydrogen-bond donors (Lipinski definition) is 0. The lowest BCUT2D eigenvalue weighted by molar-refractivity contribution is 0.0709. The predicted molar refractivity (Wildman–Crippen MR) is 109 cm³/mol. The van der Waals surface area contributed by atoms with Gasteiger partial charge < -0.3 is 9.64 Å². The first-order valence-corrected chi connectivity index (χ1v) is 14.8. The van der Waals surface area contributed by atoms with E-state index in [1.54, 1.807) is 7.05 Å². The van der Waals surface area contributed by atoms with Crippen molar-refractivity contribution >= 4 is 34.0 Å². The smallest absolute Gasteiger partial charge is 0.278 e. The molecule has 0 N–H and O–H groups in total. The molecule has 8 nitrogen and oxygen atoms in total. The monoisotopic (exact) mass is 469 g/mol. The first kappa shape index (κ1) is 23.7. The number of likely N-dealkylation sites (N-methyl/N-ethyl adjacent to an activating group) is 2. The molecule has 0 aromatic carbocycles. The summed E-state index contributed by atoms with van der Waals surface area (Å²) in [6.07, 6.45) is 0. The van der Waals surface area contributed by atoms with Gasteiger partial charge in [0.05, 0.1) is 0 Å². The Morgan fingerprint density at radius 1 is 1.19 bits per heavy atom. The summed E-state index contributed by atoms with van der Waals surface area (Å²) in [5.74, 6) is 0. The Hall–Kier alpha value is -0.333. The number of ether oxygens (including phenoxy) is 1. The Morgan fingerprint density at radius 3 is 2.35 bits per heavy atom. The minimum atomic E-state index is -3.73. The summed E-state index contributed by atoms with van der Waals surface area (Å²) < 4.78 is 34.2. The second-order valence-electron chi connectivity index (χ2n) is 7.36. The van der Waals surface area contributed by atoms with Crippen LogP contribution in [0.2, 0.25) is 25.7 Å². The lowest BCUT2D eigenvalue weighted by Gasteiger charge is -2.22. The highest BCUT2D eigenvalue weighted by atomic mass is 79.9. The Kier molecular flexibility index (Phi) is 9.37. The number of sulfonamides is 1. The first-order chi connectivity index (χ1) is 12.0. The molecule has 26 heavy (non-hydrogen) atoms. The molecule has 152 valence electrons.